The van der Waals surface area contributed by atoms with Crippen LogP contribution in [-0.4, -0.2) is 26.8 Å². The van der Waals surface area contributed by atoms with E-state index < -0.39 is 17.5 Å². The quantitative estimate of drug-likeness (QED) is 0.675. The Balaban J connectivity index is 1.93. The number of phenols is 1. The standard InChI is InChI=1S/C18H11NO4/c20-12-7-3-5-10-14(12)18(23)15(17(10)22)16-13(21)8-9-4-1-2-6-11(9)19-16/h1-8,15,20-21H. The van der Waals surface area contributed by atoms with E-state index in [0.717, 1.165) is 0 Å². The molecule has 1 unspecified atom stereocenters. The number of hydrogen-bond donors (Lipinski definition) is 2. The fraction of sp³-hybridized carbons (Fsp3) is 0.0556. The molecule has 23 heavy (non-hydrogen) atoms. The van der Waals surface area contributed by atoms with Gasteiger partial charge in [-0.05, 0) is 18.2 Å². The number of rotatable bonds is 1. The molecule has 0 radical (unpaired) electrons. The molecule has 0 spiro atoms. The number of aromatic nitrogens is 1. The maximum atomic E-state index is 12.6. The number of aromatic hydroxyl groups is 2. The van der Waals surface area contributed by atoms with Crippen LogP contribution < -0.4 is 0 Å². The highest BCUT2D eigenvalue weighted by Crippen LogP contribution is 2.40. The van der Waals surface area contributed by atoms with E-state index in [1.807, 2.05) is 6.07 Å². The molecule has 2 aromatic carbocycles. The molecule has 4 rings (SSSR count). The van der Waals surface area contributed by atoms with Gasteiger partial charge in [0.05, 0.1) is 11.1 Å². The van der Waals surface area contributed by atoms with Crippen LogP contribution in [0.1, 0.15) is 32.3 Å². The van der Waals surface area contributed by atoms with Crippen molar-refractivity contribution in [1.82, 2.24) is 4.98 Å². The van der Waals surface area contributed by atoms with Crippen LogP contribution in [0.4, 0.5) is 0 Å². The Morgan fingerprint density at radius 2 is 1.65 bits per heavy atom. The van der Waals surface area contributed by atoms with Gasteiger partial charge < -0.3 is 10.2 Å². The number of nitrogens with zero attached hydrogens (tertiary/aromatic N) is 1. The lowest BCUT2D eigenvalue weighted by Gasteiger charge is -2.10. The molecule has 1 heterocycles. The monoisotopic (exact) mass is 305 g/mol. The minimum atomic E-state index is -1.22. The van der Waals surface area contributed by atoms with Crippen molar-refractivity contribution >= 4 is 22.5 Å². The first kappa shape index (κ1) is 13.5. The number of para-hydroxylation sites is 1. The van der Waals surface area contributed by atoms with Crippen LogP contribution in [0.15, 0.2) is 48.5 Å². The zero-order chi connectivity index (χ0) is 16.1. The molecule has 112 valence electrons. The summed E-state index contributed by atoms with van der Waals surface area (Å²) in [6.07, 6.45) is 0. The molecule has 1 atom stereocenters. The third-order valence-electron chi connectivity index (χ3n) is 4.08. The molecular formula is C18H11NO4. The molecule has 0 bridgehead atoms. The zero-order valence-electron chi connectivity index (χ0n) is 11.9. The molecule has 0 saturated carbocycles. The van der Waals surface area contributed by atoms with Gasteiger partial charge in [-0.15, -0.1) is 0 Å². The summed E-state index contributed by atoms with van der Waals surface area (Å²) in [5.74, 6) is -2.66. The van der Waals surface area contributed by atoms with Crippen LogP contribution in [0.3, 0.4) is 0 Å². The van der Waals surface area contributed by atoms with E-state index in [4.69, 9.17) is 0 Å². The second-order valence-corrected chi connectivity index (χ2v) is 5.45. The maximum Gasteiger partial charge on any atom is 0.184 e. The summed E-state index contributed by atoms with van der Waals surface area (Å²) >= 11 is 0. The van der Waals surface area contributed by atoms with E-state index in [-0.39, 0.29) is 28.3 Å². The first-order chi connectivity index (χ1) is 11.1. The van der Waals surface area contributed by atoms with Crippen molar-refractivity contribution in [2.24, 2.45) is 0 Å². The second-order valence-electron chi connectivity index (χ2n) is 5.45. The summed E-state index contributed by atoms with van der Waals surface area (Å²) in [6.45, 7) is 0. The molecule has 5 nitrogen and oxygen atoms in total. The number of Topliss-reactive ketones (excluding diaryl/α,β-unsaturated/α-hetero) is 2. The summed E-state index contributed by atoms with van der Waals surface area (Å²) < 4.78 is 0. The predicted octanol–water partition coefficient (Wildman–Crippen LogP) is 2.81. The molecule has 1 aliphatic rings. The number of carbonyl (C=O) groups is 2. The topological polar surface area (TPSA) is 87.5 Å². The van der Waals surface area contributed by atoms with Crippen molar-refractivity contribution in [3.8, 4) is 11.5 Å². The number of hydrogen-bond acceptors (Lipinski definition) is 5. The van der Waals surface area contributed by atoms with E-state index in [1.165, 1.54) is 24.3 Å². The third kappa shape index (κ3) is 1.83. The zero-order valence-corrected chi connectivity index (χ0v) is 11.9. The Labute approximate surface area is 130 Å². The third-order valence-corrected chi connectivity index (χ3v) is 4.08. The van der Waals surface area contributed by atoms with Gasteiger partial charge in [-0.25, -0.2) is 4.98 Å². The summed E-state index contributed by atoms with van der Waals surface area (Å²) in [4.78, 5) is 29.4. The average Bonchev–Trinajstić information content (AvgIpc) is 2.79. The molecule has 0 amide bonds. The first-order valence-corrected chi connectivity index (χ1v) is 7.07. The predicted molar refractivity (Wildman–Crippen MR) is 82.9 cm³/mol. The van der Waals surface area contributed by atoms with Gasteiger partial charge in [0.25, 0.3) is 0 Å². The van der Waals surface area contributed by atoms with Crippen LogP contribution >= 0.6 is 0 Å². The van der Waals surface area contributed by atoms with E-state index in [2.05, 4.69) is 4.98 Å². The first-order valence-electron chi connectivity index (χ1n) is 7.07. The molecule has 5 heteroatoms. The van der Waals surface area contributed by atoms with Gasteiger partial charge in [0.15, 0.2) is 11.6 Å². The normalized spacial score (nSPS) is 16.8. The van der Waals surface area contributed by atoms with E-state index >= 15 is 0 Å². The lowest BCUT2D eigenvalue weighted by atomic mass is 9.97. The molecular weight excluding hydrogens is 294 g/mol. The van der Waals surface area contributed by atoms with Crippen LogP contribution in [-0.2, 0) is 0 Å². The van der Waals surface area contributed by atoms with Gasteiger partial charge in [-0.3, -0.25) is 9.59 Å². The lowest BCUT2D eigenvalue weighted by molar-refractivity contribution is 0.0885. The Morgan fingerprint density at radius 1 is 0.870 bits per heavy atom. The van der Waals surface area contributed by atoms with Crippen LogP contribution in [0.2, 0.25) is 0 Å². The lowest BCUT2D eigenvalue weighted by Crippen LogP contribution is -2.14. The molecule has 1 aromatic heterocycles. The fourth-order valence-corrected chi connectivity index (χ4v) is 3.00. The average molecular weight is 305 g/mol. The summed E-state index contributed by atoms with van der Waals surface area (Å²) in [7, 11) is 0. The number of carbonyl (C=O) groups excluding carboxylic acids is 2. The Morgan fingerprint density at radius 3 is 2.43 bits per heavy atom. The van der Waals surface area contributed by atoms with E-state index in [9.17, 15) is 19.8 Å². The fourth-order valence-electron chi connectivity index (χ4n) is 3.00. The molecule has 0 fully saturated rings. The SMILES string of the molecule is O=C1c2cccc(O)c2C(=O)C1c1nc2ccccc2cc1O. The minimum Gasteiger partial charge on any atom is -0.507 e. The van der Waals surface area contributed by atoms with Crippen molar-refractivity contribution in [2.45, 2.75) is 5.92 Å². The molecule has 0 aliphatic heterocycles. The minimum absolute atomic E-state index is 0.00291. The van der Waals surface area contributed by atoms with Gasteiger partial charge >= 0.3 is 0 Å². The molecule has 3 aromatic rings. The van der Waals surface area contributed by atoms with Crippen LogP contribution in [0.5, 0.6) is 11.5 Å². The number of fused-ring (bicyclic) bond motifs is 2. The Hall–Kier alpha value is -3.21. The largest absolute Gasteiger partial charge is 0.507 e. The number of pyridine rings is 1. The van der Waals surface area contributed by atoms with Gasteiger partial charge in [0.1, 0.15) is 23.1 Å². The molecule has 2 N–H and O–H groups in total. The number of phenolic OH excluding ortho intramolecular Hbond substituents is 1. The summed E-state index contributed by atoms with van der Waals surface area (Å²) in [6, 6.07) is 13.0. The van der Waals surface area contributed by atoms with Crippen molar-refractivity contribution in [3.63, 3.8) is 0 Å². The van der Waals surface area contributed by atoms with E-state index in [1.54, 1.807) is 18.2 Å². The van der Waals surface area contributed by atoms with Gasteiger partial charge in [-0.2, -0.15) is 0 Å². The summed E-state index contributed by atoms with van der Waals surface area (Å²) in [5.41, 5.74) is 0.765. The number of benzene rings is 2. The smallest absolute Gasteiger partial charge is 0.184 e. The highest BCUT2D eigenvalue weighted by atomic mass is 16.3. The van der Waals surface area contributed by atoms with Gasteiger partial charge in [-0.1, -0.05) is 30.3 Å². The van der Waals surface area contributed by atoms with Crippen LogP contribution in [0, 0.1) is 0 Å². The highest BCUT2D eigenvalue weighted by molar-refractivity contribution is 6.30. The van der Waals surface area contributed by atoms with E-state index in [0.29, 0.717) is 10.9 Å². The van der Waals surface area contributed by atoms with Crippen molar-refractivity contribution in [1.29, 1.82) is 0 Å². The second kappa shape index (κ2) is 4.64. The van der Waals surface area contributed by atoms with Crippen molar-refractivity contribution in [2.75, 3.05) is 0 Å². The van der Waals surface area contributed by atoms with Gasteiger partial charge in [0, 0.05) is 10.9 Å². The molecule has 1 aliphatic carbocycles. The van der Waals surface area contributed by atoms with Crippen molar-refractivity contribution < 1.29 is 19.8 Å². The number of ketones is 2. The van der Waals surface area contributed by atoms with Gasteiger partial charge in [0.2, 0.25) is 0 Å². The summed E-state index contributed by atoms with van der Waals surface area (Å²) in [5, 5.41) is 20.8. The molecule has 0 saturated heterocycles. The van der Waals surface area contributed by atoms with Crippen LogP contribution in [0.25, 0.3) is 10.9 Å². The Kier molecular flexibility index (Phi) is 2.72. The Bertz CT molecular complexity index is 993. The highest BCUT2D eigenvalue weighted by Gasteiger charge is 2.43. The maximum absolute atomic E-state index is 12.6. The van der Waals surface area contributed by atoms with Crippen molar-refractivity contribution in [3.05, 3.63) is 65.4 Å².